The maximum Gasteiger partial charge on any atom is 0.193 e. The second-order valence-corrected chi connectivity index (χ2v) is 13.0. The minimum absolute atomic E-state index is 0.126. The molecule has 18 heavy (non-hydrogen) atoms. The van der Waals surface area contributed by atoms with Gasteiger partial charge in [-0.25, -0.2) is 0 Å². The Balaban J connectivity index is 5.08. The van der Waals surface area contributed by atoms with Crippen molar-refractivity contribution in [2.24, 2.45) is 5.92 Å². The van der Waals surface area contributed by atoms with E-state index < -0.39 is 8.32 Å². The Kier molecular flexibility index (Phi) is 6.77. The molecule has 0 aliphatic heterocycles. The Morgan fingerprint density at radius 3 is 2.00 bits per heavy atom. The van der Waals surface area contributed by atoms with Crippen LogP contribution >= 0.6 is 22.6 Å². The van der Waals surface area contributed by atoms with Crippen LogP contribution in [-0.2, 0) is 9.22 Å². The van der Waals surface area contributed by atoms with Crippen LogP contribution in [0.4, 0.5) is 0 Å². The molecule has 0 saturated heterocycles. The highest BCUT2D eigenvalue weighted by Gasteiger charge is 2.41. The van der Waals surface area contributed by atoms with Gasteiger partial charge in [-0.1, -0.05) is 33.8 Å². The molecule has 0 saturated carbocycles. The number of halogens is 1. The van der Waals surface area contributed by atoms with E-state index in [0.29, 0.717) is 0 Å². The zero-order chi connectivity index (χ0) is 14.7. The van der Waals surface area contributed by atoms with Gasteiger partial charge in [0, 0.05) is 5.92 Å². The first-order valence-corrected chi connectivity index (χ1v) is 10.4. The highest BCUT2D eigenvalue weighted by molar-refractivity contribution is 14.1. The summed E-state index contributed by atoms with van der Waals surface area (Å²) in [4.78, 5) is 11.8. The zero-order valence-electron chi connectivity index (χ0n) is 12.9. The van der Waals surface area contributed by atoms with Crippen LogP contribution in [0.25, 0.3) is 0 Å². The predicted octanol–water partition coefficient (Wildman–Crippen LogP) is 4.94. The SMILES string of the molecule is CC(=O)[C@@H](O[Si](C)(C)C(C)(C)C)[C@@H](C)C=C(C)I. The first kappa shape index (κ1) is 18.3. The standard InChI is InChI=1S/C14H27IO2Si/c1-10(9-11(2)15)13(12(3)16)17-18(7,8)14(4,5)6/h9-10,13H,1-8H3/t10-,13-/m0/s1. The van der Waals surface area contributed by atoms with E-state index in [1.165, 1.54) is 3.58 Å². The molecule has 0 heterocycles. The second kappa shape index (κ2) is 6.66. The minimum atomic E-state index is -1.90. The normalized spacial score (nSPS) is 17.5. The Hall–Kier alpha value is 0.317. The second-order valence-electron chi connectivity index (χ2n) is 6.52. The molecule has 106 valence electrons. The lowest BCUT2D eigenvalue weighted by atomic mass is 10.0. The topological polar surface area (TPSA) is 26.3 Å². The molecule has 0 aromatic rings. The summed E-state index contributed by atoms with van der Waals surface area (Å²) in [5.74, 6) is 0.259. The molecule has 0 spiro atoms. The molecule has 0 aliphatic rings. The number of carbonyl (C=O) groups is 1. The average molecular weight is 382 g/mol. The van der Waals surface area contributed by atoms with Gasteiger partial charge in [0.05, 0.1) is 0 Å². The number of Topliss-reactive ketones (excluding diaryl/α,β-unsaturated/α-hetero) is 1. The maximum atomic E-state index is 11.8. The third-order valence-electron chi connectivity index (χ3n) is 3.60. The van der Waals surface area contributed by atoms with Gasteiger partial charge in [0.2, 0.25) is 0 Å². The van der Waals surface area contributed by atoms with E-state index in [9.17, 15) is 4.79 Å². The molecule has 0 N–H and O–H groups in total. The summed E-state index contributed by atoms with van der Waals surface area (Å²) in [6, 6.07) is 0. The van der Waals surface area contributed by atoms with E-state index in [1.807, 2.05) is 6.92 Å². The number of allylic oxidation sites excluding steroid dienone is 1. The quantitative estimate of drug-likeness (QED) is 0.497. The van der Waals surface area contributed by atoms with E-state index in [2.05, 4.69) is 69.5 Å². The lowest BCUT2D eigenvalue weighted by Crippen LogP contribution is -2.47. The largest absolute Gasteiger partial charge is 0.406 e. The monoisotopic (exact) mass is 382 g/mol. The summed E-state index contributed by atoms with van der Waals surface area (Å²) in [5.41, 5.74) is 0. The van der Waals surface area contributed by atoms with Gasteiger partial charge in [-0.15, -0.1) is 0 Å². The van der Waals surface area contributed by atoms with Crippen LogP contribution in [-0.4, -0.2) is 20.2 Å². The molecular weight excluding hydrogens is 355 g/mol. The summed E-state index contributed by atoms with van der Waals surface area (Å²) in [6.07, 6.45) is 1.80. The van der Waals surface area contributed by atoms with Gasteiger partial charge >= 0.3 is 0 Å². The molecule has 0 radical (unpaired) electrons. The van der Waals surface area contributed by atoms with Crippen LogP contribution in [0.2, 0.25) is 18.1 Å². The van der Waals surface area contributed by atoms with Crippen molar-refractivity contribution in [3.05, 3.63) is 9.66 Å². The summed E-state index contributed by atoms with van der Waals surface area (Å²) >= 11 is 2.27. The van der Waals surface area contributed by atoms with E-state index in [1.54, 1.807) is 6.92 Å². The third-order valence-corrected chi connectivity index (χ3v) is 8.41. The summed E-state index contributed by atoms with van der Waals surface area (Å²) < 4.78 is 7.47. The highest BCUT2D eigenvalue weighted by atomic mass is 127. The molecular formula is C14H27IO2Si. The molecule has 0 unspecified atom stereocenters. The van der Waals surface area contributed by atoms with E-state index >= 15 is 0 Å². The van der Waals surface area contributed by atoms with Crippen LogP contribution in [0.5, 0.6) is 0 Å². The summed E-state index contributed by atoms with van der Waals surface area (Å²) in [7, 11) is -1.90. The molecule has 0 rings (SSSR count). The van der Waals surface area contributed by atoms with Gasteiger partial charge in [0.25, 0.3) is 0 Å². The van der Waals surface area contributed by atoms with Crippen molar-refractivity contribution in [2.75, 3.05) is 0 Å². The van der Waals surface area contributed by atoms with Crippen LogP contribution in [0.15, 0.2) is 9.66 Å². The van der Waals surface area contributed by atoms with Gasteiger partial charge < -0.3 is 4.43 Å². The Bertz CT molecular complexity index is 325. The molecule has 2 atom stereocenters. The van der Waals surface area contributed by atoms with E-state index in [0.717, 1.165) is 0 Å². The highest BCUT2D eigenvalue weighted by Crippen LogP contribution is 2.38. The third kappa shape index (κ3) is 5.53. The lowest BCUT2D eigenvalue weighted by Gasteiger charge is -2.39. The average Bonchev–Trinajstić information content (AvgIpc) is 2.10. The van der Waals surface area contributed by atoms with Gasteiger partial charge in [0.15, 0.2) is 14.1 Å². The van der Waals surface area contributed by atoms with Gasteiger partial charge in [-0.05, 0) is 58.2 Å². The maximum absolute atomic E-state index is 11.8. The molecule has 0 aromatic carbocycles. The minimum Gasteiger partial charge on any atom is -0.406 e. The van der Waals surface area contributed by atoms with Crippen molar-refractivity contribution in [3.63, 3.8) is 0 Å². The predicted molar refractivity (Wildman–Crippen MR) is 89.7 cm³/mol. The van der Waals surface area contributed by atoms with Crippen molar-refractivity contribution in [1.29, 1.82) is 0 Å². The Morgan fingerprint density at radius 2 is 1.72 bits per heavy atom. The van der Waals surface area contributed by atoms with E-state index in [-0.39, 0.29) is 22.8 Å². The van der Waals surface area contributed by atoms with Crippen LogP contribution in [0.3, 0.4) is 0 Å². The summed E-state index contributed by atoms with van der Waals surface area (Å²) in [6.45, 7) is 16.7. The molecule has 0 aromatic heterocycles. The molecule has 0 fully saturated rings. The molecule has 0 aliphatic carbocycles. The smallest absolute Gasteiger partial charge is 0.193 e. The van der Waals surface area contributed by atoms with Crippen molar-refractivity contribution in [1.82, 2.24) is 0 Å². The van der Waals surface area contributed by atoms with Crippen molar-refractivity contribution in [3.8, 4) is 0 Å². The van der Waals surface area contributed by atoms with Crippen molar-refractivity contribution < 1.29 is 9.22 Å². The molecule has 2 nitrogen and oxygen atoms in total. The fourth-order valence-electron chi connectivity index (χ4n) is 1.50. The number of ketones is 1. The van der Waals surface area contributed by atoms with E-state index in [4.69, 9.17) is 4.43 Å². The number of carbonyl (C=O) groups excluding carboxylic acids is 1. The molecule has 4 heteroatoms. The number of rotatable bonds is 5. The van der Waals surface area contributed by atoms with Crippen molar-refractivity contribution in [2.45, 2.75) is 65.8 Å². The van der Waals surface area contributed by atoms with Crippen LogP contribution < -0.4 is 0 Å². The fraction of sp³-hybridized carbons (Fsp3) is 0.786. The first-order chi connectivity index (χ1) is 7.88. The molecule has 0 amide bonds. The van der Waals surface area contributed by atoms with Gasteiger partial charge in [0.1, 0.15) is 6.10 Å². The first-order valence-electron chi connectivity index (χ1n) is 6.40. The van der Waals surface area contributed by atoms with Crippen LogP contribution in [0, 0.1) is 5.92 Å². The van der Waals surface area contributed by atoms with Gasteiger partial charge in [-0.3, -0.25) is 4.79 Å². The fourth-order valence-corrected chi connectivity index (χ4v) is 3.44. The zero-order valence-corrected chi connectivity index (χ0v) is 16.1. The number of hydrogen-bond acceptors (Lipinski definition) is 2. The van der Waals surface area contributed by atoms with Gasteiger partial charge in [-0.2, -0.15) is 0 Å². The Morgan fingerprint density at radius 1 is 1.28 bits per heavy atom. The van der Waals surface area contributed by atoms with Crippen LogP contribution in [0.1, 0.15) is 41.5 Å². The van der Waals surface area contributed by atoms with Crippen molar-refractivity contribution >= 4 is 36.7 Å². The molecule has 0 bridgehead atoms. The summed E-state index contributed by atoms with van der Waals surface area (Å²) in [5, 5.41) is 0.128. The number of hydrogen-bond donors (Lipinski definition) is 0. The lowest BCUT2D eigenvalue weighted by molar-refractivity contribution is -0.125. The Labute approximate surface area is 127 Å².